The van der Waals surface area contributed by atoms with Crippen LogP contribution < -0.4 is 20.1 Å². The molecule has 0 saturated carbocycles. The van der Waals surface area contributed by atoms with Gasteiger partial charge in [0.05, 0.1) is 26.6 Å². The molecule has 1 aromatic heterocycles. The average Bonchev–Trinajstić information content (AvgIpc) is 2.78. The van der Waals surface area contributed by atoms with Crippen molar-refractivity contribution in [1.82, 2.24) is 15.3 Å². The summed E-state index contributed by atoms with van der Waals surface area (Å²) in [5.41, 5.74) is 2.38. The molecule has 29 heavy (non-hydrogen) atoms. The van der Waals surface area contributed by atoms with E-state index in [2.05, 4.69) is 20.6 Å². The summed E-state index contributed by atoms with van der Waals surface area (Å²) in [5.74, 6) is 1.94. The van der Waals surface area contributed by atoms with Crippen LogP contribution in [0.25, 0.3) is 0 Å². The molecular formula is C22H24N4O3. The van der Waals surface area contributed by atoms with Crippen molar-refractivity contribution in [1.29, 1.82) is 0 Å². The number of hydrogen-bond donors (Lipinski definition) is 2. The fourth-order valence-corrected chi connectivity index (χ4v) is 2.81. The molecule has 0 aliphatic carbocycles. The van der Waals surface area contributed by atoms with Gasteiger partial charge in [0.15, 0.2) is 0 Å². The molecule has 1 heterocycles. The van der Waals surface area contributed by atoms with Crippen LogP contribution in [-0.4, -0.2) is 36.6 Å². The fourth-order valence-electron chi connectivity index (χ4n) is 2.81. The number of carbonyl (C=O) groups is 1. The Morgan fingerprint density at radius 2 is 1.86 bits per heavy atom. The van der Waals surface area contributed by atoms with E-state index in [0.29, 0.717) is 25.3 Å². The zero-order chi connectivity index (χ0) is 20.5. The third kappa shape index (κ3) is 5.68. The van der Waals surface area contributed by atoms with Crippen LogP contribution in [-0.2, 0) is 13.0 Å². The molecule has 0 atom stereocenters. The van der Waals surface area contributed by atoms with Gasteiger partial charge in [-0.3, -0.25) is 4.79 Å². The van der Waals surface area contributed by atoms with Crippen molar-refractivity contribution in [2.45, 2.75) is 13.0 Å². The Hall–Kier alpha value is -3.61. The van der Waals surface area contributed by atoms with Crippen molar-refractivity contribution in [2.24, 2.45) is 0 Å². The summed E-state index contributed by atoms with van der Waals surface area (Å²) in [7, 11) is 3.27. The van der Waals surface area contributed by atoms with Crippen LogP contribution in [0.3, 0.4) is 0 Å². The quantitative estimate of drug-likeness (QED) is 0.582. The van der Waals surface area contributed by atoms with E-state index < -0.39 is 0 Å². The van der Waals surface area contributed by atoms with E-state index in [1.54, 1.807) is 20.4 Å². The van der Waals surface area contributed by atoms with Gasteiger partial charge < -0.3 is 20.1 Å². The van der Waals surface area contributed by atoms with Crippen LogP contribution in [0.15, 0.2) is 60.9 Å². The highest BCUT2D eigenvalue weighted by atomic mass is 16.5. The van der Waals surface area contributed by atoms with Crippen LogP contribution in [0.2, 0.25) is 0 Å². The lowest BCUT2D eigenvalue weighted by Crippen LogP contribution is -2.26. The third-order valence-electron chi connectivity index (χ3n) is 4.37. The molecule has 2 aromatic carbocycles. The maximum absolute atomic E-state index is 12.3. The molecule has 0 aliphatic heterocycles. The Morgan fingerprint density at radius 3 is 2.62 bits per heavy atom. The molecule has 3 rings (SSSR count). The second kappa shape index (κ2) is 10.1. The lowest BCUT2D eigenvalue weighted by Gasteiger charge is -2.10. The van der Waals surface area contributed by atoms with Gasteiger partial charge in [-0.1, -0.05) is 30.3 Å². The summed E-state index contributed by atoms with van der Waals surface area (Å²) in [6.45, 7) is 1.05. The number of benzene rings is 2. The molecule has 0 fully saturated rings. The number of methoxy groups -OCH3 is 2. The van der Waals surface area contributed by atoms with E-state index >= 15 is 0 Å². The molecule has 150 valence electrons. The minimum Gasteiger partial charge on any atom is -0.497 e. The van der Waals surface area contributed by atoms with Crippen LogP contribution in [0, 0.1) is 0 Å². The van der Waals surface area contributed by atoms with Gasteiger partial charge in [0.2, 0.25) is 0 Å². The molecule has 7 nitrogen and oxygen atoms in total. The van der Waals surface area contributed by atoms with Crippen LogP contribution in [0.5, 0.6) is 11.5 Å². The minimum absolute atomic E-state index is 0.253. The minimum atomic E-state index is -0.253. The van der Waals surface area contributed by atoms with Gasteiger partial charge in [0.25, 0.3) is 5.91 Å². The number of rotatable bonds is 9. The number of nitrogens with one attached hydrogen (secondary N) is 2. The standard InChI is InChI=1S/C22H24N4O3/c1-28-18-8-5-6-16(12-18)10-11-23-22(27)19-14-26-21(15-24-19)25-13-17-7-3-4-9-20(17)29-2/h3-9,12,14-15H,10-11,13H2,1-2H3,(H,23,27)(H,25,26). The zero-order valence-corrected chi connectivity index (χ0v) is 16.5. The van der Waals surface area contributed by atoms with E-state index in [0.717, 1.165) is 22.6 Å². The zero-order valence-electron chi connectivity index (χ0n) is 16.5. The molecule has 0 unspecified atom stereocenters. The van der Waals surface area contributed by atoms with Gasteiger partial charge in [-0.25, -0.2) is 9.97 Å². The maximum Gasteiger partial charge on any atom is 0.271 e. The SMILES string of the molecule is COc1cccc(CCNC(=O)c2cnc(NCc3ccccc3OC)cn2)c1. The second-order valence-electron chi connectivity index (χ2n) is 6.31. The molecular weight excluding hydrogens is 368 g/mol. The average molecular weight is 392 g/mol. The van der Waals surface area contributed by atoms with Crippen molar-refractivity contribution < 1.29 is 14.3 Å². The Morgan fingerprint density at radius 1 is 1.00 bits per heavy atom. The molecule has 0 spiro atoms. The van der Waals surface area contributed by atoms with E-state index in [1.165, 1.54) is 6.20 Å². The molecule has 0 bridgehead atoms. The van der Waals surface area contributed by atoms with E-state index in [-0.39, 0.29) is 11.6 Å². The summed E-state index contributed by atoms with van der Waals surface area (Å²) in [6.07, 6.45) is 3.72. The van der Waals surface area contributed by atoms with E-state index in [9.17, 15) is 4.79 Å². The first-order valence-corrected chi connectivity index (χ1v) is 9.28. The topological polar surface area (TPSA) is 85.4 Å². The predicted octanol–water partition coefficient (Wildman–Crippen LogP) is 3.08. The first-order valence-electron chi connectivity index (χ1n) is 9.28. The van der Waals surface area contributed by atoms with Crippen LogP contribution in [0.1, 0.15) is 21.6 Å². The van der Waals surface area contributed by atoms with E-state index in [4.69, 9.17) is 9.47 Å². The number of nitrogens with zero attached hydrogens (tertiary/aromatic N) is 2. The Labute approximate surface area is 170 Å². The number of hydrogen-bond acceptors (Lipinski definition) is 6. The summed E-state index contributed by atoms with van der Waals surface area (Å²) in [5, 5.41) is 6.04. The van der Waals surface area contributed by atoms with Gasteiger partial charge in [0.1, 0.15) is 23.0 Å². The molecule has 3 aromatic rings. The Bertz CT molecular complexity index is 945. The van der Waals surface area contributed by atoms with Crippen molar-refractivity contribution >= 4 is 11.7 Å². The normalized spacial score (nSPS) is 10.3. The smallest absolute Gasteiger partial charge is 0.271 e. The number of aromatic nitrogens is 2. The van der Waals surface area contributed by atoms with Crippen molar-refractivity contribution in [3.8, 4) is 11.5 Å². The molecule has 7 heteroatoms. The van der Waals surface area contributed by atoms with Gasteiger partial charge >= 0.3 is 0 Å². The lowest BCUT2D eigenvalue weighted by molar-refractivity contribution is 0.0949. The molecule has 2 N–H and O–H groups in total. The summed E-state index contributed by atoms with van der Waals surface area (Å²) < 4.78 is 10.5. The highest BCUT2D eigenvalue weighted by Crippen LogP contribution is 2.18. The van der Waals surface area contributed by atoms with Crippen molar-refractivity contribution in [3.05, 3.63) is 77.7 Å². The third-order valence-corrected chi connectivity index (χ3v) is 4.37. The van der Waals surface area contributed by atoms with Crippen molar-refractivity contribution in [3.63, 3.8) is 0 Å². The molecule has 1 amide bonds. The Balaban J connectivity index is 1.49. The summed E-state index contributed by atoms with van der Waals surface area (Å²) in [6, 6.07) is 15.5. The molecule has 0 aliphatic rings. The van der Waals surface area contributed by atoms with Gasteiger partial charge in [-0.05, 0) is 30.2 Å². The highest BCUT2D eigenvalue weighted by molar-refractivity contribution is 5.92. The molecule has 0 saturated heterocycles. The predicted molar refractivity (Wildman–Crippen MR) is 111 cm³/mol. The number of anilines is 1. The second-order valence-corrected chi connectivity index (χ2v) is 6.31. The van der Waals surface area contributed by atoms with Gasteiger partial charge in [0, 0.05) is 18.7 Å². The van der Waals surface area contributed by atoms with E-state index in [1.807, 2.05) is 48.5 Å². The summed E-state index contributed by atoms with van der Waals surface area (Å²) in [4.78, 5) is 20.7. The molecule has 0 radical (unpaired) electrons. The number of carbonyl (C=O) groups excluding carboxylic acids is 1. The lowest BCUT2D eigenvalue weighted by atomic mass is 10.1. The van der Waals surface area contributed by atoms with Crippen molar-refractivity contribution in [2.75, 3.05) is 26.1 Å². The van der Waals surface area contributed by atoms with Gasteiger partial charge in [-0.15, -0.1) is 0 Å². The largest absolute Gasteiger partial charge is 0.497 e. The van der Waals surface area contributed by atoms with Crippen LogP contribution in [0.4, 0.5) is 5.82 Å². The maximum atomic E-state index is 12.3. The highest BCUT2D eigenvalue weighted by Gasteiger charge is 2.08. The first kappa shape index (κ1) is 20.1. The first-order chi connectivity index (χ1) is 14.2. The fraction of sp³-hybridized carbons (Fsp3) is 0.227. The number of ether oxygens (including phenoxy) is 2. The monoisotopic (exact) mass is 392 g/mol. The number of para-hydroxylation sites is 1. The number of amides is 1. The Kier molecular flexibility index (Phi) is 7.00. The van der Waals surface area contributed by atoms with Gasteiger partial charge in [-0.2, -0.15) is 0 Å². The summed E-state index contributed by atoms with van der Waals surface area (Å²) >= 11 is 0. The van der Waals surface area contributed by atoms with Crippen LogP contribution >= 0.6 is 0 Å².